The summed E-state index contributed by atoms with van der Waals surface area (Å²) in [7, 11) is 0. The number of aromatic nitrogens is 3. The lowest BCUT2D eigenvalue weighted by atomic mass is 10.2. The first-order valence-electron chi connectivity index (χ1n) is 5.54. The molecule has 0 aromatic carbocycles. The van der Waals surface area contributed by atoms with Gasteiger partial charge in [-0.15, -0.1) is 0 Å². The van der Waals surface area contributed by atoms with Crippen molar-refractivity contribution in [2.75, 3.05) is 6.61 Å². The van der Waals surface area contributed by atoms with Gasteiger partial charge in [0.1, 0.15) is 5.56 Å². The Bertz CT molecular complexity index is 621. The van der Waals surface area contributed by atoms with Crippen LogP contribution >= 0.6 is 0 Å². The predicted octanol–water partition coefficient (Wildman–Crippen LogP) is 1.14. The Morgan fingerprint density at radius 2 is 2.26 bits per heavy atom. The molecule has 2 aromatic rings. The molecular weight excluding hydrogens is 250 g/mol. The van der Waals surface area contributed by atoms with Crippen LogP contribution in [-0.4, -0.2) is 38.4 Å². The smallest absolute Gasteiger partial charge is 0.341 e. The molecule has 2 heterocycles. The van der Waals surface area contributed by atoms with Gasteiger partial charge in [-0.05, 0) is 19.1 Å². The van der Waals surface area contributed by atoms with Crippen molar-refractivity contribution in [1.82, 2.24) is 14.8 Å². The van der Waals surface area contributed by atoms with Crippen LogP contribution in [0.3, 0.4) is 0 Å². The lowest BCUT2D eigenvalue weighted by Crippen LogP contribution is -2.08. The van der Waals surface area contributed by atoms with E-state index in [-0.39, 0.29) is 23.6 Å². The van der Waals surface area contributed by atoms with Crippen molar-refractivity contribution >= 4 is 11.9 Å². The average molecular weight is 261 g/mol. The van der Waals surface area contributed by atoms with E-state index in [0.29, 0.717) is 0 Å². The number of carbonyl (C=O) groups excluding carboxylic acids is 1. The van der Waals surface area contributed by atoms with Crippen LogP contribution in [0.2, 0.25) is 0 Å². The van der Waals surface area contributed by atoms with E-state index in [4.69, 9.17) is 9.84 Å². The number of nitrogens with zero attached hydrogens (tertiary/aromatic N) is 3. The second-order valence-corrected chi connectivity index (χ2v) is 3.57. The molecule has 2 rings (SSSR count). The fourth-order valence-electron chi connectivity index (χ4n) is 1.50. The molecule has 7 nitrogen and oxygen atoms in total. The first kappa shape index (κ1) is 12.7. The summed E-state index contributed by atoms with van der Waals surface area (Å²) in [6.07, 6.45) is 4.14. The fourth-order valence-corrected chi connectivity index (χ4v) is 1.50. The molecule has 0 aliphatic carbocycles. The van der Waals surface area contributed by atoms with Crippen LogP contribution < -0.4 is 0 Å². The van der Waals surface area contributed by atoms with E-state index < -0.39 is 11.9 Å². The molecule has 0 saturated carbocycles. The van der Waals surface area contributed by atoms with Gasteiger partial charge in [0, 0.05) is 12.4 Å². The van der Waals surface area contributed by atoms with E-state index in [1.165, 1.54) is 35.4 Å². The maximum Gasteiger partial charge on any atom is 0.341 e. The van der Waals surface area contributed by atoms with E-state index in [0.717, 1.165) is 0 Å². The first-order chi connectivity index (χ1) is 9.13. The van der Waals surface area contributed by atoms with Gasteiger partial charge >= 0.3 is 11.9 Å². The van der Waals surface area contributed by atoms with Crippen LogP contribution in [0.5, 0.6) is 0 Å². The minimum absolute atomic E-state index is 0.000934. The first-order valence-corrected chi connectivity index (χ1v) is 5.54. The lowest BCUT2D eigenvalue weighted by molar-refractivity contribution is 0.0526. The Kier molecular flexibility index (Phi) is 3.56. The number of esters is 1. The molecule has 0 fully saturated rings. The second-order valence-electron chi connectivity index (χ2n) is 3.57. The van der Waals surface area contributed by atoms with Crippen molar-refractivity contribution in [3.05, 3.63) is 41.9 Å². The summed E-state index contributed by atoms with van der Waals surface area (Å²) in [4.78, 5) is 26.5. The molecule has 0 aliphatic rings. The van der Waals surface area contributed by atoms with Crippen LogP contribution in [0.1, 0.15) is 27.6 Å². The van der Waals surface area contributed by atoms with Crippen LogP contribution in [0.15, 0.2) is 30.7 Å². The van der Waals surface area contributed by atoms with Crippen molar-refractivity contribution in [3.8, 4) is 5.82 Å². The molecule has 0 spiro atoms. The van der Waals surface area contributed by atoms with Crippen molar-refractivity contribution in [2.45, 2.75) is 6.92 Å². The summed E-state index contributed by atoms with van der Waals surface area (Å²) in [5.74, 6) is -1.48. The minimum Gasteiger partial charge on any atom is -0.478 e. The van der Waals surface area contributed by atoms with E-state index in [1.807, 2.05) is 0 Å². The second kappa shape index (κ2) is 5.30. The van der Waals surface area contributed by atoms with Gasteiger partial charge in [-0.2, -0.15) is 5.10 Å². The van der Waals surface area contributed by atoms with Crippen LogP contribution in [-0.2, 0) is 4.74 Å². The zero-order chi connectivity index (χ0) is 13.8. The third-order valence-electron chi connectivity index (χ3n) is 2.33. The molecular formula is C12H11N3O4. The fraction of sp³-hybridized carbons (Fsp3) is 0.167. The van der Waals surface area contributed by atoms with Crippen molar-refractivity contribution in [3.63, 3.8) is 0 Å². The Balaban J connectivity index is 2.38. The average Bonchev–Trinajstić information content (AvgIpc) is 2.88. The zero-order valence-corrected chi connectivity index (χ0v) is 10.1. The molecule has 98 valence electrons. The molecule has 1 N–H and O–H groups in total. The topological polar surface area (TPSA) is 94.3 Å². The van der Waals surface area contributed by atoms with Crippen molar-refractivity contribution < 1.29 is 19.4 Å². The highest BCUT2D eigenvalue weighted by molar-refractivity contribution is 5.91. The predicted molar refractivity (Wildman–Crippen MR) is 64.3 cm³/mol. The number of carbonyl (C=O) groups is 2. The third-order valence-corrected chi connectivity index (χ3v) is 2.33. The van der Waals surface area contributed by atoms with Crippen LogP contribution in [0.25, 0.3) is 5.82 Å². The van der Waals surface area contributed by atoms with E-state index >= 15 is 0 Å². The molecule has 0 amide bonds. The Morgan fingerprint density at radius 1 is 1.47 bits per heavy atom. The zero-order valence-electron chi connectivity index (χ0n) is 10.1. The number of hydrogen-bond donors (Lipinski definition) is 1. The molecule has 2 aromatic heterocycles. The minimum atomic E-state index is -1.11. The van der Waals surface area contributed by atoms with Gasteiger partial charge in [0.15, 0.2) is 5.82 Å². The summed E-state index contributed by atoms with van der Waals surface area (Å²) in [6.45, 7) is 1.96. The Hall–Kier alpha value is -2.70. The van der Waals surface area contributed by atoms with Gasteiger partial charge in [0.2, 0.25) is 0 Å². The number of carboxylic acid groups (broad SMARTS) is 1. The largest absolute Gasteiger partial charge is 0.478 e. The van der Waals surface area contributed by atoms with Gasteiger partial charge in [0.25, 0.3) is 0 Å². The number of aromatic carboxylic acids is 1. The molecule has 7 heteroatoms. The number of pyridine rings is 1. The Labute approximate surface area is 108 Å². The molecule has 0 unspecified atom stereocenters. The molecule has 19 heavy (non-hydrogen) atoms. The summed E-state index contributed by atoms with van der Waals surface area (Å²) in [5, 5.41) is 13.0. The maximum absolute atomic E-state index is 11.5. The van der Waals surface area contributed by atoms with Crippen LogP contribution in [0.4, 0.5) is 0 Å². The SMILES string of the molecule is CCOC(=O)c1cnn(-c2ncccc2C(=O)O)c1. The number of rotatable bonds is 4. The van der Waals surface area contributed by atoms with E-state index in [2.05, 4.69) is 10.1 Å². The summed E-state index contributed by atoms with van der Waals surface area (Å²) >= 11 is 0. The third kappa shape index (κ3) is 2.59. The van der Waals surface area contributed by atoms with E-state index in [1.54, 1.807) is 6.92 Å². The van der Waals surface area contributed by atoms with Gasteiger partial charge in [-0.25, -0.2) is 19.3 Å². The van der Waals surface area contributed by atoms with Crippen molar-refractivity contribution in [2.24, 2.45) is 0 Å². The normalized spacial score (nSPS) is 10.2. The highest BCUT2D eigenvalue weighted by Gasteiger charge is 2.15. The monoisotopic (exact) mass is 261 g/mol. The standard InChI is InChI=1S/C12H11N3O4/c1-2-19-12(18)8-6-14-15(7-8)10-9(11(16)17)4-3-5-13-10/h3-7H,2H2,1H3,(H,16,17). The van der Waals surface area contributed by atoms with Gasteiger partial charge in [0.05, 0.1) is 18.4 Å². The summed E-state index contributed by atoms with van der Waals surface area (Å²) < 4.78 is 6.06. The maximum atomic E-state index is 11.5. The number of carboxylic acids is 1. The Morgan fingerprint density at radius 3 is 2.95 bits per heavy atom. The van der Waals surface area contributed by atoms with Crippen LogP contribution in [0, 0.1) is 0 Å². The highest BCUT2D eigenvalue weighted by atomic mass is 16.5. The number of ether oxygens (including phenoxy) is 1. The molecule has 0 bridgehead atoms. The number of hydrogen-bond acceptors (Lipinski definition) is 5. The summed E-state index contributed by atoms with van der Waals surface area (Å²) in [6, 6.07) is 2.93. The molecule has 0 aliphatic heterocycles. The highest BCUT2D eigenvalue weighted by Crippen LogP contribution is 2.12. The summed E-state index contributed by atoms with van der Waals surface area (Å²) in [5.41, 5.74) is 0.241. The molecule has 0 saturated heterocycles. The van der Waals surface area contributed by atoms with Crippen molar-refractivity contribution in [1.29, 1.82) is 0 Å². The van der Waals surface area contributed by atoms with E-state index in [9.17, 15) is 9.59 Å². The van der Waals surface area contributed by atoms with Gasteiger partial charge in [-0.3, -0.25) is 0 Å². The van der Waals surface area contributed by atoms with Gasteiger partial charge in [-0.1, -0.05) is 0 Å². The molecule has 0 atom stereocenters. The quantitative estimate of drug-likeness (QED) is 0.829. The van der Waals surface area contributed by atoms with Gasteiger partial charge < -0.3 is 9.84 Å². The molecule has 0 radical (unpaired) electrons. The lowest BCUT2D eigenvalue weighted by Gasteiger charge is -2.03.